The number of ketones is 1. The van der Waals surface area contributed by atoms with Crippen LogP contribution < -0.4 is 5.32 Å². The summed E-state index contributed by atoms with van der Waals surface area (Å²) in [5, 5.41) is 24.0. The van der Waals surface area contributed by atoms with Gasteiger partial charge in [0, 0.05) is 23.6 Å². The molecule has 3 rings (SSSR count). The third-order valence-corrected chi connectivity index (χ3v) is 7.45. The van der Waals surface area contributed by atoms with Gasteiger partial charge in [-0.25, -0.2) is 0 Å². The number of rotatable bonds is 17. The van der Waals surface area contributed by atoms with Crippen molar-refractivity contribution in [3.05, 3.63) is 105 Å². The Morgan fingerprint density at radius 2 is 1.51 bits per heavy atom. The number of carbonyl (C=O) groups is 2. The summed E-state index contributed by atoms with van der Waals surface area (Å²) in [4.78, 5) is 37.7. The van der Waals surface area contributed by atoms with Gasteiger partial charge in [-0.2, -0.15) is 0 Å². The summed E-state index contributed by atoms with van der Waals surface area (Å²) in [5.74, 6) is 5.25. The zero-order valence-corrected chi connectivity index (χ0v) is 25.0. The molecule has 3 aromatic carbocycles. The SMILES string of the molecule is CCCCCCCCCCCC(=O)[C@H](CCc1ccccc1)NC(=O)c1ccc([N+](=O)[O-])c(C#Cc2ccc(O)cc2)c1. The van der Waals surface area contributed by atoms with Crippen molar-refractivity contribution in [1.29, 1.82) is 0 Å². The molecule has 3 aromatic rings. The summed E-state index contributed by atoms with van der Waals surface area (Å²) < 4.78 is 0. The van der Waals surface area contributed by atoms with E-state index in [1.54, 1.807) is 12.1 Å². The normalized spacial score (nSPS) is 11.3. The van der Waals surface area contributed by atoms with E-state index in [1.165, 1.54) is 68.9 Å². The average Bonchev–Trinajstić information content (AvgIpc) is 3.02. The van der Waals surface area contributed by atoms with Crippen LogP contribution in [0.5, 0.6) is 5.75 Å². The van der Waals surface area contributed by atoms with E-state index in [4.69, 9.17) is 0 Å². The number of nitro benzene ring substituents is 1. The summed E-state index contributed by atoms with van der Waals surface area (Å²) in [6.07, 6.45) is 11.9. The quantitative estimate of drug-likeness (QED) is 0.0727. The van der Waals surface area contributed by atoms with Gasteiger partial charge in [0.05, 0.1) is 11.0 Å². The van der Waals surface area contributed by atoms with E-state index < -0.39 is 16.9 Å². The predicted molar refractivity (Wildman–Crippen MR) is 170 cm³/mol. The fourth-order valence-corrected chi connectivity index (χ4v) is 4.92. The van der Waals surface area contributed by atoms with Gasteiger partial charge in [-0.05, 0) is 61.2 Å². The molecule has 43 heavy (non-hydrogen) atoms. The molecule has 7 heteroatoms. The number of benzene rings is 3. The van der Waals surface area contributed by atoms with Crippen molar-refractivity contribution in [2.45, 2.75) is 90.0 Å². The average molecular weight is 583 g/mol. The van der Waals surface area contributed by atoms with Crippen molar-refractivity contribution < 1.29 is 19.6 Å². The highest BCUT2D eigenvalue weighted by Crippen LogP contribution is 2.20. The van der Waals surface area contributed by atoms with Gasteiger partial charge in [0.25, 0.3) is 11.6 Å². The van der Waals surface area contributed by atoms with E-state index in [1.807, 2.05) is 30.3 Å². The largest absolute Gasteiger partial charge is 0.508 e. The van der Waals surface area contributed by atoms with Gasteiger partial charge in [-0.1, -0.05) is 100 Å². The summed E-state index contributed by atoms with van der Waals surface area (Å²) in [6, 6.07) is 19.4. The molecular weight excluding hydrogens is 540 g/mol. The van der Waals surface area contributed by atoms with Gasteiger partial charge in [-0.15, -0.1) is 0 Å². The molecule has 0 bridgehead atoms. The van der Waals surface area contributed by atoms with Gasteiger partial charge in [-0.3, -0.25) is 19.7 Å². The third kappa shape index (κ3) is 11.8. The van der Waals surface area contributed by atoms with Crippen LogP contribution in [0.15, 0.2) is 72.8 Å². The van der Waals surface area contributed by atoms with Crippen LogP contribution in [0.2, 0.25) is 0 Å². The van der Waals surface area contributed by atoms with Crippen LogP contribution in [0.3, 0.4) is 0 Å². The highest BCUT2D eigenvalue weighted by Gasteiger charge is 2.22. The molecule has 0 heterocycles. The minimum absolute atomic E-state index is 0.00137. The lowest BCUT2D eigenvalue weighted by molar-refractivity contribution is -0.385. The highest BCUT2D eigenvalue weighted by atomic mass is 16.6. The second kappa shape index (κ2) is 18.2. The van der Waals surface area contributed by atoms with E-state index in [-0.39, 0.29) is 28.3 Å². The molecule has 0 aliphatic rings. The van der Waals surface area contributed by atoms with Crippen LogP contribution >= 0.6 is 0 Å². The molecule has 0 aliphatic heterocycles. The van der Waals surface area contributed by atoms with Crippen molar-refractivity contribution >= 4 is 17.4 Å². The number of nitrogens with one attached hydrogen (secondary N) is 1. The first kappa shape index (κ1) is 33.1. The molecule has 0 spiro atoms. The summed E-state index contributed by atoms with van der Waals surface area (Å²) >= 11 is 0. The Morgan fingerprint density at radius 1 is 0.860 bits per heavy atom. The van der Waals surface area contributed by atoms with Gasteiger partial charge >= 0.3 is 0 Å². The number of Topliss-reactive ketones (excluding diaryl/α,β-unsaturated/α-hetero) is 1. The van der Waals surface area contributed by atoms with Crippen molar-refractivity contribution in [2.75, 3.05) is 0 Å². The van der Waals surface area contributed by atoms with Gasteiger partial charge in [0.15, 0.2) is 5.78 Å². The molecule has 0 radical (unpaired) electrons. The number of unbranched alkanes of at least 4 members (excludes halogenated alkanes) is 8. The van der Waals surface area contributed by atoms with E-state index >= 15 is 0 Å². The number of hydrogen-bond acceptors (Lipinski definition) is 5. The standard InChI is InChI=1S/C36H42N2O5/c1-2-3-4-5-6-7-8-9-13-16-35(40)33(25-20-28-14-11-10-12-15-28)37-36(41)31-22-26-34(38(42)43)30(27-31)21-17-29-18-23-32(39)24-19-29/h10-12,14-15,18-19,22-24,26-27,33,39H,2-9,13,16,20,25H2,1H3,(H,37,41)/t33-/m0/s1. The monoisotopic (exact) mass is 582 g/mol. The lowest BCUT2D eigenvalue weighted by atomic mass is 9.97. The molecule has 0 aromatic heterocycles. The number of hydrogen-bond donors (Lipinski definition) is 2. The third-order valence-electron chi connectivity index (χ3n) is 7.45. The Balaban J connectivity index is 1.67. The molecule has 0 saturated heterocycles. The Labute approximate surface area is 254 Å². The molecule has 1 atom stereocenters. The first-order valence-electron chi connectivity index (χ1n) is 15.3. The fraction of sp³-hybridized carbons (Fsp3) is 0.389. The number of carbonyl (C=O) groups excluding carboxylic acids is 2. The van der Waals surface area contributed by atoms with Crippen LogP contribution in [0.1, 0.15) is 105 Å². The summed E-state index contributed by atoms with van der Waals surface area (Å²) in [6.45, 7) is 2.21. The second-order valence-electron chi connectivity index (χ2n) is 10.9. The summed E-state index contributed by atoms with van der Waals surface area (Å²) in [5.41, 5.74) is 1.71. The topological polar surface area (TPSA) is 110 Å². The van der Waals surface area contributed by atoms with E-state index in [2.05, 4.69) is 24.1 Å². The Hall–Kier alpha value is -4.44. The van der Waals surface area contributed by atoms with Crippen molar-refractivity contribution in [1.82, 2.24) is 5.32 Å². The molecule has 0 saturated carbocycles. The number of nitro groups is 1. The molecule has 0 fully saturated rings. The van der Waals surface area contributed by atoms with Gasteiger partial charge in [0.1, 0.15) is 11.3 Å². The zero-order valence-electron chi connectivity index (χ0n) is 25.0. The molecule has 1 amide bonds. The van der Waals surface area contributed by atoms with Gasteiger partial charge in [0.2, 0.25) is 0 Å². The minimum Gasteiger partial charge on any atom is -0.508 e. The van der Waals surface area contributed by atoms with Crippen LogP contribution in [-0.4, -0.2) is 27.8 Å². The predicted octanol–water partition coefficient (Wildman–Crippen LogP) is 7.92. The number of aryl methyl sites for hydroxylation is 1. The fourth-order valence-electron chi connectivity index (χ4n) is 4.92. The van der Waals surface area contributed by atoms with E-state index in [0.29, 0.717) is 24.8 Å². The molecule has 226 valence electrons. The van der Waals surface area contributed by atoms with Gasteiger partial charge < -0.3 is 10.4 Å². The number of phenols is 1. The Bertz CT molecular complexity index is 1390. The number of aromatic hydroxyl groups is 1. The van der Waals surface area contributed by atoms with E-state index in [0.717, 1.165) is 24.8 Å². The first-order valence-corrected chi connectivity index (χ1v) is 15.3. The van der Waals surface area contributed by atoms with Crippen molar-refractivity contribution in [2.24, 2.45) is 0 Å². The molecule has 7 nitrogen and oxygen atoms in total. The second-order valence-corrected chi connectivity index (χ2v) is 10.9. The lowest BCUT2D eigenvalue weighted by Gasteiger charge is -2.18. The Morgan fingerprint density at radius 3 is 2.16 bits per heavy atom. The maximum Gasteiger partial charge on any atom is 0.284 e. The molecule has 0 aliphatic carbocycles. The van der Waals surface area contributed by atoms with Crippen LogP contribution in [-0.2, 0) is 11.2 Å². The maximum absolute atomic E-state index is 13.3. The first-order chi connectivity index (χ1) is 20.9. The summed E-state index contributed by atoms with van der Waals surface area (Å²) in [7, 11) is 0. The molecular formula is C36H42N2O5. The molecule has 2 N–H and O–H groups in total. The van der Waals surface area contributed by atoms with Crippen molar-refractivity contribution in [3.8, 4) is 17.6 Å². The van der Waals surface area contributed by atoms with Crippen LogP contribution in [0.4, 0.5) is 5.69 Å². The number of phenolic OH excluding ortho intramolecular Hbond substituents is 1. The minimum atomic E-state index is -0.663. The van der Waals surface area contributed by atoms with Crippen LogP contribution in [0.25, 0.3) is 0 Å². The maximum atomic E-state index is 13.3. The zero-order chi connectivity index (χ0) is 30.9. The van der Waals surface area contributed by atoms with Crippen LogP contribution in [0, 0.1) is 22.0 Å². The number of amides is 1. The smallest absolute Gasteiger partial charge is 0.284 e. The highest BCUT2D eigenvalue weighted by molar-refractivity contribution is 5.98. The van der Waals surface area contributed by atoms with Crippen molar-refractivity contribution in [3.63, 3.8) is 0 Å². The number of nitrogens with zero attached hydrogens (tertiary/aromatic N) is 1. The van der Waals surface area contributed by atoms with E-state index in [9.17, 15) is 24.8 Å². The molecule has 0 unspecified atom stereocenters. The Kier molecular flexibility index (Phi) is 14.0. The lowest BCUT2D eigenvalue weighted by Crippen LogP contribution is -2.41.